The van der Waals surface area contributed by atoms with E-state index < -0.39 is 0 Å². The number of hydrogen-bond acceptors (Lipinski definition) is 5. The lowest BCUT2D eigenvalue weighted by Gasteiger charge is -2.32. The van der Waals surface area contributed by atoms with Crippen molar-refractivity contribution in [2.75, 3.05) is 32.1 Å². The van der Waals surface area contributed by atoms with Gasteiger partial charge in [-0.25, -0.2) is 0 Å². The van der Waals surface area contributed by atoms with Crippen LogP contribution >= 0.6 is 0 Å². The Morgan fingerprint density at radius 1 is 0.973 bits per heavy atom. The molecule has 0 radical (unpaired) electrons. The van der Waals surface area contributed by atoms with Crippen LogP contribution in [0.5, 0.6) is 5.75 Å². The number of ether oxygens (including phenoxy) is 2. The summed E-state index contributed by atoms with van der Waals surface area (Å²) < 4.78 is 10.5. The van der Waals surface area contributed by atoms with Crippen LogP contribution in [0.25, 0.3) is 0 Å². The lowest BCUT2D eigenvalue weighted by atomic mass is 9.81. The summed E-state index contributed by atoms with van der Waals surface area (Å²) in [5.74, 6) is 0.565. The average Bonchev–Trinajstić information content (AvgIpc) is 2.93. The molecule has 198 valence electrons. The summed E-state index contributed by atoms with van der Waals surface area (Å²) in [6.45, 7) is 5.55. The van der Waals surface area contributed by atoms with Crippen molar-refractivity contribution in [1.82, 2.24) is 4.90 Å². The van der Waals surface area contributed by atoms with Gasteiger partial charge in [0.25, 0.3) is 5.91 Å². The Labute approximate surface area is 219 Å². The lowest BCUT2D eigenvalue weighted by molar-refractivity contribution is -0.150. The summed E-state index contributed by atoms with van der Waals surface area (Å²) in [4.78, 5) is 40.0. The number of likely N-dealkylation sites (tertiary alicyclic amines) is 1. The molecule has 1 saturated heterocycles. The first-order chi connectivity index (χ1) is 17.9. The number of nitrogens with one attached hydrogen (secondary N) is 1. The highest BCUT2D eigenvalue weighted by Gasteiger charge is 2.32. The molecular weight excluding hydrogens is 468 g/mol. The minimum atomic E-state index is -0.185. The van der Waals surface area contributed by atoms with Gasteiger partial charge in [0.1, 0.15) is 5.75 Å². The first-order valence-corrected chi connectivity index (χ1v) is 13.4. The molecule has 1 aliphatic heterocycles. The Morgan fingerprint density at radius 3 is 2.35 bits per heavy atom. The maximum Gasteiger partial charge on any atom is 0.308 e. The summed E-state index contributed by atoms with van der Waals surface area (Å²) in [6.07, 6.45) is 4.80. The molecule has 0 aromatic heterocycles. The third-order valence-electron chi connectivity index (χ3n) is 7.77. The predicted molar refractivity (Wildman–Crippen MR) is 143 cm³/mol. The van der Waals surface area contributed by atoms with Crippen molar-refractivity contribution in [1.29, 1.82) is 0 Å². The van der Waals surface area contributed by atoms with Crippen molar-refractivity contribution < 1.29 is 23.9 Å². The molecule has 7 heteroatoms. The molecule has 0 bridgehead atoms. The Balaban J connectivity index is 1.29. The van der Waals surface area contributed by atoms with Crippen LogP contribution in [-0.2, 0) is 14.3 Å². The van der Waals surface area contributed by atoms with Gasteiger partial charge in [-0.2, -0.15) is 0 Å². The summed E-state index contributed by atoms with van der Waals surface area (Å²) >= 11 is 0. The number of carbonyl (C=O) groups excluding carboxylic acids is 3. The SMILES string of the molecule is CCOC(=O)[C@@H]1CCC[C@H](C(=O)Nc2ccc(C3CCN(C(=O)c4cc(OC)ccc4C)CC3)cc2)C1. The third-order valence-corrected chi connectivity index (χ3v) is 7.77. The quantitative estimate of drug-likeness (QED) is 0.513. The fourth-order valence-corrected chi connectivity index (χ4v) is 5.53. The molecule has 2 fully saturated rings. The number of hydrogen-bond donors (Lipinski definition) is 1. The van der Waals surface area contributed by atoms with E-state index in [1.54, 1.807) is 14.0 Å². The zero-order valence-electron chi connectivity index (χ0n) is 22.1. The standard InChI is InChI=1S/C30H38N2O5/c1-4-37-30(35)24-7-5-6-23(18-24)28(33)31-25-11-9-21(10-12-25)22-14-16-32(17-15-22)29(34)27-19-26(36-3)13-8-20(27)2/h8-13,19,22-24H,4-7,14-18H2,1-3H3,(H,31,33)/t23-,24+/m0/s1. The number of methoxy groups -OCH3 is 1. The topological polar surface area (TPSA) is 84.9 Å². The molecule has 1 aliphatic carbocycles. The van der Waals surface area contributed by atoms with Crippen LogP contribution in [0.2, 0.25) is 0 Å². The van der Waals surface area contributed by atoms with E-state index in [9.17, 15) is 14.4 Å². The largest absolute Gasteiger partial charge is 0.497 e. The van der Waals surface area contributed by atoms with E-state index in [2.05, 4.69) is 17.4 Å². The number of rotatable bonds is 7. The zero-order chi connectivity index (χ0) is 26.4. The highest BCUT2D eigenvalue weighted by molar-refractivity contribution is 5.96. The maximum atomic E-state index is 13.1. The average molecular weight is 507 g/mol. The van der Waals surface area contributed by atoms with Crippen LogP contribution in [0.15, 0.2) is 42.5 Å². The highest BCUT2D eigenvalue weighted by Crippen LogP contribution is 2.32. The molecule has 4 rings (SSSR count). The molecule has 2 amide bonds. The fourth-order valence-electron chi connectivity index (χ4n) is 5.53. The molecule has 0 unspecified atom stereocenters. The van der Waals surface area contributed by atoms with Crippen LogP contribution in [-0.4, -0.2) is 49.5 Å². The Bertz CT molecular complexity index is 1110. The molecule has 37 heavy (non-hydrogen) atoms. The summed E-state index contributed by atoms with van der Waals surface area (Å²) in [6, 6.07) is 13.7. The van der Waals surface area contributed by atoms with Crippen LogP contribution in [0.4, 0.5) is 5.69 Å². The Hall–Kier alpha value is -3.35. The van der Waals surface area contributed by atoms with Gasteiger partial charge in [-0.3, -0.25) is 14.4 Å². The first kappa shape index (κ1) is 26.7. The minimum Gasteiger partial charge on any atom is -0.497 e. The van der Waals surface area contributed by atoms with Crippen LogP contribution in [0.1, 0.15) is 72.9 Å². The Morgan fingerprint density at radius 2 is 1.68 bits per heavy atom. The monoisotopic (exact) mass is 506 g/mol. The number of nitrogens with zero attached hydrogens (tertiary/aromatic N) is 1. The van der Waals surface area contributed by atoms with E-state index >= 15 is 0 Å². The number of benzene rings is 2. The second-order valence-corrected chi connectivity index (χ2v) is 10.2. The number of esters is 1. The van der Waals surface area contributed by atoms with E-state index in [1.165, 1.54) is 5.56 Å². The minimum absolute atomic E-state index is 0.0265. The van der Waals surface area contributed by atoms with E-state index in [0.717, 1.165) is 43.4 Å². The number of aryl methyl sites for hydroxylation is 1. The predicted octanol–water partition coefficient (Wildman–Crippen LogP) is 5.33. The summed E-state index contributed by atoms with van der Waals surface area (Å²) in [7, 11) is 1.61. The second-order valence-electron chi connectivity index (χ2n) is 10.2. The highest BCUT2D eigenvalue weighted by atomic mass is 16.5. The van der Waals surface area contributed by atoms with E-state index in [-0.39, 0.29) is 29.6 Å². The smallest absolute Gasteiger partial charge is 0.308 e. The van der Waals surface area contributed by atoms with Gasteiger partial charge in [0.2, 0.25) is 5.91 Å². The van der Waals surface area contributed by atoms with Gasteiger partial charge in [-0.1, -0.05) is 24.6 Å². The summed E-state index contributed by atoms with van der Waals surface area (Å²) in [5, 5.41) is 3.03. The maximum absolute atomic E-state index is 13.1. The molecule has 1 N–H and O–H groups in total. The normalized spacial score (nSPS) is 20.2. The van der Waals surface area contributed by atoms with Crippen LogP contribution in [0, 0.1) is 18.8 Å². The molecule has 2 aromatic carbocycles. The molecule has 2 aromatic rings. The van der Waals surface area contributed by atoms with Gasteiger partial charge < -0.3 is 19.7 Å². The first-order valence-electron chi connectivity index (χ1n) is 13.4. The van der Waals surface area contributed by atoms with Gasteiger partial charge in [-0.15, -0.1) is 0 Å². The molecule has 0 spiro atoms. The lowest BCUT2D eigenvalue weighted by Crippen LogP contribution is -2.38. The number of anilines is 1. The van der Waals surface area contributed by atoms with Crippen molar-refractivity contribution >= 4 is 23.5 Å². The third kappa shape index (κ3) is 6.51. The van der Waals surface area contributed by atoms with Gasteiger partial charge in [0.05, 0.1) is 19.6 Å². The van der Waals surface area contributed by atoms with Crippen LogP contribution in [0.3, 0.4) is 0 Å². The van der Waals surface area contributed by atoms with E-state index in [1.807, 2.05) is 42.2 Å². The van der Waals surface area contributed by atoms with Crippen molar-refractivity contribution in [3.63, 3.8) is 0 Å². The van der Waals surface area contributed by atoms with Crippen molar-refractivity contribution in [2.45, 2.75) is 58.3 Å². The molecule has 1 saturated carbocycles. The molecule has 7 nitrogen and oxygen atoms in total. The number of piperidine rings is 1. The second kappa shape index (κ2) is 12.3. The van der Waals surface area contributed by atoms with Gasteiger partial charge in [-0.05, 0) is 87.3 Å². The fraction of sp³-hybridized carbons (Fsp3) is 0.500. The van der Waals surface area contributed by atoms with Gasteiger partial charge >= 0.3 is 5.97 Å². The van der Waals surface area contributed by atoms with Gasteiger partial charge in [0.15, 0.2) is 0 Å². The van der Waals surface area contributed by atoms with E-state index in [4.69, 9.17) is 9.47 Å². The van der Waals surface area contributed by atoms with Crippen LogP contribution < -0.4 is 10.1 Å². The molecule has 2 atom stereocenters. The van der Waals surface area contributed by atoms with Gasteiger partial charge in [0, 0.05) is 30.3 Å². The van der Waals surface area contributed by atoms with Crippen molar-refractivity contribution in [3.8, 4) is 5.75 Å². The van der Waals surface area contributed by atoms with Crippen molar-refractivity contribution in [3.05, 3.63) is 59.2 Å². The summed E-state index contributed by atoms with van der Waals surface area (Å²) in [5.41, 5.74) is 3.65. The number of amides is 2. The van der Waals surface area contributed by atoms with Crippen molar-refractivity contribution in [2.24, 2.45) is 11.8 Å². The molecule has 2 aliphatic rings. The zero-order valence-corrected chi connectivity index (χ0v) is 22.1. The molecular formula is C30H38N2O5. The molecule has 1 heterocycles. The number of carbonyl (C=O) groups is 3. The Kier molecular flexibility index (Phi) is 8.85. The van der Waals surface area contributed by atoms with E-state index in [0.29, 0.717) is 43.3 Å².